The summed E-state index contributed by atoms with van der Waals surface area (Å²) in [5, 5.41) is 3.28. The molecule has 0 aliphatic carbocycles. The third-order valence-corrected chi connectivity index (χ3v) is 1.62. The molecule has 2 heteroatoms. The molecule has 0 aliphatic rings. The maximum Gasteiger partial charge on any atom is 0.0695 e. The summed E-state index contributed by atoms with van der Waals surface area (Å²) in [5.74, 6) is 0. The zero-order valence-electron chi connectivity index (χ0n) is 5.13. The molecule has 0 unspecified atom stereocenters. The number of hydrogen-bond acceptors (Lipinski definition) is 1. The van der Waals surface area contributed by atoms with Crippen LogP contribution in [0.2, 0.25) is 0 Å². The maximum absolute atomic E-state index is 10.6. The van der Waals surface area contributed by atoms with Crippen molar-refractivity contribution in [1.29, 1.82) is 0 Å². The van der Waals surface area contributed by atoms with Gasteiger partial charge in [-0.3, -0.25) is 4.21 Å². The van der Waals surface area contributed by atoms with Gasteiger partial charge in [0, 0.05) is 10.8 Å². The summed E-state index contributed by atoms with van der Waals surface area (Å²) in [7, 11) is -0.881. The molecule has 0 amide bonds. The van der Waals surface area contributed by atoms with Gasteiger partial charge in [-0.15, -0.1) is 0 Å². The standard InChI is InChI=1S/C6H10OS/c1-3-5-8(7)6-4-2/h3-6H,1-2H3/b5-3+,6-4+. The summed E-state index contributed by atoms with van der Waals surface area (Å²) >= 11 is 0. The van der Waals surface area contributed by atoms with Crippen LogP contribution in [0.25, 0.3) is 0 Å². The van der Waals surface area contributed by atoms with E-state index in [4.69, 9.17) is 0 Å². The maximum atomic E-state index is 10.6. The van der Waals surface area contributed by atoms with E-state index >= 15 is 0 Å². The summed E-state index contributed by atoms with van der Waals surface area (Å²) in [5.41, 5.74) is 0. The van der Waals surface area contributed by atoms with Crippen molar-refractivity contribution in [2.24, 2.45) is 0 Å². The van der Waals surface area contributed by atoms with E-state index in [-0.39, 0.29) is 0 Å². The lowest BCUT2D eigenvalue weighted by molar-refractivity contribution is 0.693. The van der Waals surface area contributed by atoms with E-state index < -0.39 is 10.8 Å². The average molecular weight is 130 g/mol. The van der Waals surface area contributed by atoms with Crippen LogP contribution in [-0.4, -0.2) is 4.21 Å². The first kappa shape index (κ1) is 7.63. The molecule has 0 aromatic carbocycles. The molecule has 0 aromatic heterocycles. The van der Waals surface area contributed by atoms with Gasteiger partial charge in [-0.2, -0.15) is 0 Å². The summed E-state index contributed by atoms with van der Waals surface area (Å²) in [4.78, 5) is 0. The zero-order chi connectivity index (χ0) is 6.41. The molecule has 1 nitrogen and oxygen atoms in total. The van der Waals surface area contributed by atoms with Crippen LogP contribution in [0.1, 0.15) is 13.8 Å². The summed E-state index contributed by atoms with van der Waals surface area (Å²) in [6.07, 6.45) is 3.55. The van der Waals surface area contributed by atoms with Gasteiger partial charge in [-0.25, -0.2) is 0 Å². The zero-order valence-corrected chi connectivity index (χ0v) is 5.94. The molecule has 8 heavy (non-hydrogen) atoms. The van der Waals surface area contributed by atoms with Crippen molar-refractivity contribution in [3.05, 3.63) is 23.0 Å². The van der Waals surface area contributed by atoms with Crippen molar-refractivity contribution in [3.63, 3.8) is 0 Å². The third-order valence-electron chi connectivity index (χ3n) is 0.540. The van der Waals surface area contributed by atoms with E-state index in [0.717, 1.165) is 0 Å². The molecular formula is C6H10OS. The molecule has 0 spiro atoms. The van der Waals surface area contributed by atoms with E-state index in [9.17, 15) is 4.21 Å². The summed E-state index contributed by atoms with van der Waals surface area (Å²) < 4.78 is 10.6. The molecule has 0 radical (unpaired) electrons. The predicted molar refractivity (Wildman–Crippen MR) is 37.8 cm³/mol. The predicted octanol–water partition coefficient (Wildman–Crippen LogP) is 1.80. The molecule has 0 saturated heterocycles. The van der Waals surface area contributed by atoms with E-state index in [1.165, 1.54) is 0 Å². The second-order valence-electron chi connectivity index (χ2n) is 1.27. The lowest BCUT2D eigenvalue weighted by atomic mass is 10.8. The summed E-state index contributed by atoms with van der Waals surface area (Å²) in [6, 6.07) is 0. The highest BCUT2D eigenvalue weighted by Gasteiger charge is 1.77. The minimum Gasteiger partial charge on any atom is -0.250 e. The van der Waals surface area contributed by atoms with Crippen LogP contribution in [0.4, 0.5) is 0 Å². The molecule has 0 aliphatic heterocycles. The molecule has 0 N–H and O–H groups in total. The molecule has 0 aromatic rings. The minimum atomic E-state index is -0.881. The molecule has 0 bridgehead atoms. The lowest BCUT2D eigenvalue weighted by Crippen LogP contribution is -1.71. The van der Waals surface area contributed by atoms with E-state index in [1.54, 1.807) is 23.0 Å². The Balaban J connectivity index is 3.66. The second kappa shape index (κ2) is 4.78. The van der Waals surface area contributed by atoms with Gasteiger partial charge in [0.1, 0.15) is 0 Å². The fraction of sp³-hybridized carbons (Fsp3) is 0.333. The third kappa shape index (κ3) is 3.81. The molecule has 0 rings (SSSR count). The largest absolute Gasteiger partial charge is 0.250 e. The highest BCUT2D eigenvalue weighted by Crippen LogP contribution is 1.85. The van der Waals surface area contributed by atoms with Crippen LogP contribution in [0.15, 0.2) is 23.0 Å². The molecular weight excluding hydrogens is 120 g/mol. The van der Waals surface area contributed by atoms with E-state index in [2.05, 4.69) is 0 Å². The number of allylic oxidation sites excluding steroid dienone is 2. The Hall–Kier alpha value is -0.370. The van der Waals surface area contributed by atoms with Crippen LogP contribution in [0.5, 0.6) is 0 Å². The van der Waals surface area contributed by atoms with Crippen LogP contribution < -0.4 is 0 Å². The van der Waals surface area contributed by atoms with E-state index in [0.29, 0.717) is 0 Å². The highest BCUT2D eigenvalue weighted by molar-refractivity contribution is 7.90. The normalized spacial score (nSPS) is 12.4. The SMILES string of the molecule is C/C=C/S(=O)/C=C/C. The van der Waals surface area contributed by atoms with Crippen molar-refractivity contribution in [1.82, 2.24) is 0 Å². The molecule has 46 valence electrons. The van der Waals surface area contributed by atoms with Crippen molar-refractivity contribution < 1.29 is 4.21 Å². The highest BCUT2D eigenvalue weighted by atomic mass is 32.2. The van der Waals surface area contributed by atoms with Crippen molar-refractivity contribution in [2.45, 2.75) is 13.8 Å². The molecule has 0 atom stereocenters. The summed E-state index contributed by atoms with van der Waals surface area (Å²) in [6.45, 7) is 3.70. The van der Waals surface area contributed by atoms with E-state index in [1.807, 2.05) is 13.8 Å². The Labute approximate surface area is 52.6 Å². The Morgan fingerprint density at radius 1 is 1.12 bits per heavy atom. The van der Waals surface area contributed by atoms with Gasteiger partial charge in [0.2, 0.25) is 0 Å². The first-order chi connectivity index (χ1) is 3.81. The topological polar surface area (TPSA) is 17.1 Å². The van der Waals surface area contributed by atoms with Crippen LogP contribution >= 0.6 is 0 Å². The van der Waals surface area contributed by atoms with Crippen LogP contribution in [0.3, 0.4) is 0 Å². The van der Waals surface area contributed by atoms with Crippen LogP contribution in [0, 0.1) is 0 Å². The average Bonchev–Trinajstić information content (AvgIpc) is 1.68. The Kier molecular flexibility index (Phi) is 4.56. The minimum absolute atomic E-state index is 0.881. The van der Waals surface area contributed by atoms with Gasteiger partial charge in [-0.1, -0.05) is 12.2 Å². The molecule has 0 heterocycles. The molecule has 0 saturated carbocycles. The quantitative estimate of drug-likeness (QED) is 0.557. The van der Waals surface area contributed by atoms with Gasteiger partial charge < -0.3 is 0 Å². The van der Waals surface area contributed by atoms with Gasteiger partial charge >= 0.3 is 0 Å². The first-order valence-electron chi connectivity index (χ1n) is 2.46. The number of hydrogen-bond donors (Lipinski definition) is 0. The van der Waals surface area contributed by atoms with Crippen LogP contribution in [-0.2, 0) is 10.8 Å². The number of rotatable bonds is 2. The second-order valence-corrected chi connectivity index (χ2v) is 2.47. The Bertz CT molecular complexity index is 110. The Morgan fingerprint density at radius 2 is 1.50 bits per heavy atom. The smallest absolute Gasteiger partial charge is 0.0695 e. The fourth-order valence-electron chi connectivity index (χ4n) is 0.314. The fourth-order valence-corrected chi connectivity index (χ4v) is 0.941. The van der Waals surface area contributed by atoms with Crippen molar-refractivity contribution in [2.75, 3.05) is 0 Å². The van der Waals surface area contributed by atoms with Crippen molar-refractivity contribution >= 4 is 10.8 Å². The van der Waals surface area contributed by atoms with Crippen molar-refractivity contribution in [3.8, 4) is 0 Å². The van der Waals surface area contributed by atoms with Gasteiger partial charge in [0.05, 0.1) is 10.8 Å². The van der Waals surface area contributed by atoms with Gasteiger partial charge in [0.15, 0.2) is 0 Å². The monoisotopic (exact) mass is 130 g/mol. The first-order valence-corrected chi connectivity index (χ1v) is 3.74. The van der Waals surface area contributed by atoms with Gasteiger partial charge in [-0.05, 0) is 13.8 Å². The lowest BCUT2D eigenvalue weighted by Gasteiger charge is -1.77. The van der Waals surface area contributed by atoms with Gasteiger partial charge in [0.25, 0.3) is 0 Å². The molecule has 0 fully saturated rings. The Morgan fingerprint density at radius 3 is 1.75 bits per heavy atom.